The molecule has 36 heavy (non-hydrogen) atoms. The summed E-state index contributed by atoms with van der Waals surface area (Å²) in [4.78, 5) is 14.0. The first-order chi connectivity index (χ1) is 17.1. The summed E-state index contributed by atoms with van der Waals surface area (Å²) in [6.45, 7) is 10.1. The second-order valence-electron chi connectivity index (χ2n) is 9.55. The Labute approximate surface area is 212 Å². The topological polar surface area (TPSA) is 89.1 Å². The van der Waals surface area contributed by atoms with Crippen LogP contribution in [0.2, 0.25) is 0 Å². The molecule has 0 saturated carbocycles. The molecule has 0 aliphatic heterocycles. The Balaban J connectivity index is 2.29. The van der Waals surface area contributed by atoms with E-state index >= 15 is 0 Å². The van der Waals surface area contributed by atoms with E-state index in [0.29, 0.717) is 29.4 Å². The highest BCUT2D eigenvalue weighted by molar-refractivity contribution is 5.98. The molecule has 0 aliphatic rings. The first kappa shape index (κ1) is 26.9. The number of ether oxygens (including phenoxy) is 2. The zero-order chi connectivity index (χ0) is 26.6. The monoisotopic (exact) mass is 492 g/mol. The molecule has 0 aliphatic carbocycles. The normalized spacial score (nSPS) is 11.6. The fraction of sp³-hybridized carbons (Fsp3) is 0.367. The predicted molar refractivity (Wildman–Crippen MR) is 146 cm³/mol. The highest BCUT2D eigenvalue weighted by Gasteiger charge is 2.23. The Kier molecular flexibility index (Phi) is 8.51. The van der Waals surface area contributed by atoms with E-state index < -0.39 is 0 Å². The van der Waals surface area contributed by atoms with Gasteiger partial charge in [0.25, 0.3) is 0 Å². The molecule has 192 valence electrons. The molecule has 0 spiro atoms. The van der Waals surface area contributed by atoms with Crippen LogP contribution in [0.1, 0.15) is 58.6 Å². The van der Waals surface area contributed by atoms with Crippen molar-refractivity contribution in [2.75, 3.05) is 14.2 Å². The van der Waals surface area contributed by atoms with Crippen molar-refractivity contribution < 1.29 is 24.1 Å². The summed E-state index contributed by atoms with van der Waals surface area (Å²) in [5.74, 6) is 0.385. The van der Waals surface area contributed by atoms with Crippen LogP contribution < -0.4 is 14.9 Å². The molecule has 1 heterocycles. The standard InChI is InChI=1S/C30H36O6/c1-17(2)9-8-10-19(5)12-14-21-26-24(16-23(32)29(21)34-6)36-25-15-22(31)20(13-11-18(3)4)30(35-7)27(25)28(26)33/h9,11-12,15-16,31-32H,8,10,13-14H2,1-7H3/b19-12+. The number of benzene rings is 2. The molecule has 2 aromatic carbocycles. The van der Waals surface area contributed by atoms with Crippen LogP contribution in [0.3, 0.4) is 0 Å². The van der Waals surface area contributed by atoms with Crippen molar-refractivity contribution in [2.45, 2.75) is 60.3 Å². The summed E-state index contributed by atoms with van der Waals surface area (Å²) in [5.41, 5.74) is 4.69. The van der Waals surface area contributed by atoms with Crippen LogP contribution in [0.5, 0.6) is 23.0 Å². The molecular formula is C30H36O6. The Bertz CT molecular complexity index is 1430. The highest BCUT2D eigenvalue weighted by Crippen LogP contribution is 2.41. The van der Waals surface area contributed by atoms with E-state index in [1.165, 1.54) is 37.5 Å². The maximum Gasteiger partial charge on any atom is 0.204 e. The van der Waals surface area contributed by atoms with Crippen molar-refractivity contribution in [3.05, 3.63) is 68.4 Å². The molecule has 6 nitrogen and oxygen atoms in total. The van der Waals surface area contributed by atoms with Gasteiger partial charge in [-0.2, -0.15) is 0 Å². The van der Waals surface area contributed by atoms with Crippen LogP contribution in [0.4, 0.5) is 0 Å². The molecule has 0 amide bonds. The third-order valence-electron chi connectivity index (χ3n) is 6.19. The van der Waals surface area contributed by atoms with Gasteiger partial charge in [-0.05, 0) is 60.3 Å². The van der Waals surface area contributed by atoms with Gasteiger partial charge < -0.3 is 24.1 Å². The summed E-state index contributed by atoms with van der Waals surface area (Å²) in [6.07, 6.45) is 8.82. The molecule has 2 N–H and O–H groups in total. The summed E-state index contributed by atoms with van der Waals surface area (Å²) < 4.78 is 17.2. The summed E-state index contributed by atoms with van der Waals surface area (Å²) in [7, 11) is 2.94. The van der Waals surface area contributed by atoms with Gasteiger partial charge in [-0.1, -0.05) is 34.9 Å². The average molecular weight is 493 g/mol. The SMILES string of the molecule is COc1c(O)cc2oc3cc(O)c(CC=C(C)C)c(OC)c3c(=O)c2c1C/C=C(\C)CCC=C(C)C. The van der Waals surface area contributed by atoms with Crippen LogP contribution in [-0.2, 0) is 12.8 Å². The van der Waals surface area contributed by atoms with Crippen LogP contribution in [0.15, 0.2) is 56.3 Å². The predicted octanol–water partition coefficient (Wildman–Crippen LogP) is 7.12. The maximum absolute atomic E-state index is 14.0. The quantitative estimate of drug-likeness (QED) is 0.244. The van der Waals surface area contributed by atoms with E-state index in [-0.39, 0.29) is 45.0 Å². The molecule has 0 bridgehead atoms. The van der Waals surface area contributed by atoms with Crippen LogP contribution in [0.25, 0.3) is 21.9 Å². The third-order valence-corrected chi connectivity index (χ3v) is 6.19. The first-order valence-electron chi connectivity index (χ1n) is 12.1. The zero-order valence-electron chi connectivity index (χ0n) is 22.2. The minimum Gasteiger partial charge on any atom is -0.507 e. The minimum atomic E-state index is -0.301. The molecule has 0 radical (unpaired) electrons. The molecule has 1 aromatic heterocycles. The Hall–Kier alpha value is -3.67. The van der Waals surface area contributed by atoms with E-state index in [2.05, 4.69) is 26.8 Å². The number of hydrogen-bond donors (Lipinski definition) is 2. The molecule has 3 rings (SSSR count). The smallest absolute Gasteiger partial charge is 0.204 e. The Morgan fingerprint density at radius 3 is 2.00 bits per heavy atom. The minimum absolute atomic E-state index is 0.0211. The van der Waals surface area contributed by atoms with Crippen molar-refractivity contribution in [1.29, 1.82) is 0 Å². The van der Waals surface area contributed by atoms with Gasteiger partial charge in [0.2, 0.25) is 5.43 Å². The van der Waals surface area contributed by atoms with E-state index in [1.807, 2.05) is 26.0 Å². The number of rotatable bonds is 9. The summed E-state index contributed by atoms with van der Waals surface area (Å²) >= 11 is 0. The van der Waals surface area contributed by atoms with Gasteiger partial charge in [-0.15, -0.1) is 0 Å². The maximum atomic E-state index is 14.0. The Morgan fingerprint density at radius 1 is 0.806 bits per heavy atom. The summed E-state index contributed by atoms with van der Waals surface area (Å²) in [6, 6.07) is 2.81. The van der Waals surface area contributed by atoms with Gasteiger partial charge in [0, 0.05) is 23.3 Å². The number of phenols is 2. The first-order valence-corrected chi connectivity index (χ1v) is 12.1. The van der Waals surface area contributed by atoms with E-state index in [9.17, 15) is 15.0 Å². The van der Waals surface area contributed by atoms with Crippen LogP contribution in [-0.4, -0.2) is 24.4 Å². The zero-order valence-corrected chi connectivity index (χ0v) is 22.2. The third kappa shape index (κ3) is 5.59. The number of phenolic OH excluding ortho intramolecular Hbond substituents is 2. The number of fused-ring (bicyclic) bond motifs is 2. The van der Waals surface area contributed by atoms with Gasteiger partial charge in [-0.25, -0.2) is 0 Å². The molecule has 0 fully saturated rings. The van der Waals surface area contributed by atoms with E-state index in [4.69, 9.17) is 13.9 Å². The molecular weight excluding hydrogens is 456 g/mol. The van der Waals surface area contributed by atoms with E-state index in [1.54, 1.807) is 0 Å². The van der Waals surface area contributed by atoms with Gasteiger partial charge in [-0.3, -0.25) is 4.79 Å². The average Bonchev–Trinajstić information content (AvgIpc) is 2.80. The molecule has 0 atom stereocenters. The molecule has 6 heteroatoms. The van der Waals surface area contributed by atoms with Gasteiger partial charge in [0.15, 0.2) is 11.5 Å². The lowest BCUT2D eigenvalue weighted by atomic mass is 9.98. The highest BCUT2D eigenvalue weighted by atomic mass is 16.5. The number of methoxy groups -OCH3 is 2. The lowest BCUT2D eigenvalue weighted by molar-refractivity contribution is 0.370. The van der Waals surface area contributed by atoms with Gasteiger partial charge >= 0.3 is 0 Å². The second-order valence-corrected chi connectivity index (χ2v) is 9.55. The number of allylic oxidation sites excluding steroid dienone is 6. The summed E-state index contributed by atoms with van der Waals surface area (Å²) in [5, 5.41) is 21.9. The van der Waals surface area contributed by atoms with Crippen molar-refractivity contribution in [1.82, 2.24) is 0 Å². The van der Waals surface area contributed by atoms with Gasteiger partial charge in [0.1, 0.15) is 28.1 Å². The lowest BCUT2D eigenvalue weighted by Gasteiger charge is -2.16. The van der Waals surface area contributed by atoms with Crippen molar-refractivity contribution in [3.63, 3.8) is 0 Å². The molecule has 3 aromatic rings. The van der Waals surface area contributed by atoms with Gasteiger partial charge in [0.05, 0.1) is 19.6 Å². The molecule has 0 saturated heterocycles. The molecule has 0 unspecified atom stereocenters. The Morgan fingerprint density at radius 2 is 1.39 bits per heavy atom. The van der Waals surface area contributed by atoms with Crippen molar-refractivity contribution in [3.8, 4) is 23.0 Å². The largest absolute Gasteiger partial charge is 0.507 e. The van der Waals surface area contributed by atoms with Crippen molar-refractivity contribution >= 4 is 21.9 Å². The van der Waals surface area contributed by atoms with Crippen LogP contribution in [0, 0.1) is 0 Å². The van der Waals surface area contributed by atoms with Crippen molar-refractivity contribution in [2.24, 2.45) is 0 Å². The lowest BCUT2D eigenvalue weighted by Crippen LogP contribution is -2.09. The van der Waals surface area contributed by atoms with Crippen LogP contribution >= 0.6 is 0 Å². The fourth-order valence-corrected chi connectivity index (χ4v) is 4.33. The number of aromatic hydroxyl groups is 2. The second kappa shape index (κ2) is 11.4. The van der Waals surface area contributed by atoms with E-state index in [0.717, 1.165) is 18.4 Å². The number of hydrogen-bond acceptors (Lipinski definition) is 6. The fourth-order valence-electron chi connectivity index (χ4n) is 4.33.